The molecular formula is C13H17N3O4S. The molecule has 2 atom stereocenters. The number of aromatic nitrogens is 2. The number of likely N-dealkylation sites (tertiary alicyclic amines) is 1. The van der Waals surface area contributed by atoms with Gasteiger partial charge >= 0.3 is 0 Å². The molecule has 2 aliphatic heterocycles. The lowest BCUT2D eigenvalue weighted by atomic mass is 10.1. The van der Waals surface area contributed by atoms with Gasteiger partial charge in [-0.3, -0.25) is 9.59 Å². The van der Waals surface area contributed by atoms with Crippen LogP contribution in [0.15, 0.2) is 16.9 Å². The van der Waals surface area contributed by atoms with Crippen LogP contribution in [0.4, 0.5) is 0 Å². The first-order chi connectivity index (χ1) is 9.95. The van der Waals surface area contributed by atoms with E-state index in [0.717, 1.165) is 0 Å². The van der Waals surface area contributed by atoms with Gasteiger partial charge in [-0.15, -0.1) is 0 Å². The maximum atomic E-state index is 12.2. The minimum absolute atomic E-state index is 0.0485. The number of aromatic amines is 1. The lowest BCUT2D eigenvalue weighted by Crippen LogP contribution is -2.32. The number of fused-ring (bicyclic) bond motifs is 1. The monoisotopic (exact) mass is 311 g/mol. The smallest absolute Gasteiger partial charge is 0.264 e. The topological polar surface area (TPSA) is 100 Å². The van der Waals surface area contributed by atoms with Crippen molar-refractivity contribution in [1.82, 2.24) is 15.1 Å². The molecule has 1 aromatic rings. The van der Waals surface area contributed by atoms with Crippen molar-refractivity contribution in [2.24, 2.45) is 5.92 Å². The van der Waals surface area contributed by atoms with Crippen molar-refractivity contribution in [2.75, 3.05) is 18.8 Å². The number of amides is 1. The van der Waals surface area contributed by atoms with E-state index in [2.05, 4.69) is 10.2 Å². The van der Waals surface area contributed by atoms with Gasteiger partial charge < -0.3 is 4.90 Å². The molecule has 0 radical (unpaired) electrons. The Morgan fingerprint density at radius 3 is 2.86 bits per heavy atom. The zero-order valence-corrected chi connectivity index (χ0v) is 12.3. The summed E-state index contributed by atoms with van der Waals surface area (Å²) in [5.41, 5.74) is 0.373. The zero-order valence-electron chi connectivity index (χ0n) is 11.5. The van der Waals surface area contributed by atoms with Crippen LogP contribution in [0.5, 0.6) is 0 Å². The number of rotatable bonds is 3. The third kappa shape index (κ3) is 2.85. The van der Waals surface area contributed by atoms with Gasteiger partial charge in [0.05, 0.1) is 16.7 Å². The third-order valence-electron chi connectivity index (χ3n) is 4.30. The van der Waals surface area contributed by atoms with Crippen molar-refractivity contribution in [3.05, 3.63) is 28.2 Å². The van der Waals surface area contributed by atoms with E-state index in [9.17, 15) is 18.0 Å². The van der Waals surface area contributed by atoms with Gasteiger partial charge in [0.25, 0.3) is 5.56 Å². The lowest BCUT2D eigenvalue weighted by molar-refractivity contribution is -0.130. The number of hydrogen-bond donors (Lipinski definition) is 1. The van der Waals surface area contributed by atoms with Crippen LogP contribution in [0.3, 0.4) is 0 Å². The summed E-state index contributed by atoms with van der Waals surface area (Å²) in [6.45, 7) is 0.868. The summed E-state index contributed by atoms with van der Waals surface area (Å²) in [7, 11) is -3.01. The Morgan fingerprint density at radius 1 is 1.38 bits per heavy atom. The fraction of sp³-hybridized carbons (Fsp3) is 0.615. The molecule has 8 heteroatoms. The molecule has 114 valence electrons. The van der Waals surface area contributed by atoms with Crippen molar-refractivity contribution in [2.45, 2.75) is 24.5 Å². The molecule has 21 heavy (non-hydrogen) atoms. The molecule has 0 aromatic carbocycles. The summed E-state index contributed by atoms with van der Waals surface area (Å²) < 4.78 is 23.7. The Bertz CT molecular complexity index is 692. The highest BCUT2D eigenvalue weighted by Gasteiger charge is 2.47. The van der Waals surface area contributed by atoms with Gasteiger partial charge in [0.1, 0.15) is 0 Å². The molecule has 7 nitrogen and oxygen atoms in total. The number of aryl methyl sites for hydroxylation is 1. The number of hydrogen-bond acceptors (Lipinski definition) is 5. The number of nitrogens with one attached hydrogen (secondary N) is 1. The average molecular weight is 311 g/mol. The van der Waals surface area contributed by atoms with Crippen LogP contribution in [-0.4, -0.2) is 53.5 Å². The second-order valence-electron chi connectivity index (χ2n) is 5.67. The minimum atomic E-state index is -3.01. The van der Waals surface area contributed by atoms with Gasteiger partial charge in [0.2, 0.25) is 5.91 Å². The standard InChI is InChI=1S/C13H17N3O4S/c17-12-3-1-10(14-15-12)2-4-13(18)16-7-9-5-6-21(19,20)11(9)8-16/h1,3,9,11H,2,4-8H2,(H,15,17)/t9-,11+/m0/s1. The van der Waals surface area contributed by atoms with Gasteiger partial charge in [0.15, 0.2) is 9.84 Å². The summed E-state index contributed by atoms with van der Waals surface area (Å²) in [6, 6.07) is 2.97. The van der Waals surface area contributed by atoms with Crippen molar-refractivity contribution in [3.63, 3.8) is 0 Å². The maximum absolute atomic E-state index is 12.2. The van der Waals surface area contributed by atoms with Crippen LogP contribution >= 0.6 is 0 Å². The van der Waals surface area contributed by atoms with Gasteiger partial charge in [-0.2, -0.15) is 5.10 Å². The third-order valence-corrected chi connectivity index (χ3v) is 6.56. The van der Waals surface area contributed by atoms with Gasteiger partial charge in [-0.1, -0.05) is 0 Å². The predicted molar refractivity (Wildman–Crippen MR) is 75.4 cm³/mol. The van der Waals surface area contributed by atoms with Crippen LogP contribution in [0.2, 0.25) is 0 Å². The quantitative estimate of drug-likeness (QED) is 0.799. The number of sulfone groups is 1. The predicted octanol–water partition coefficient (Wildman–Crippen LogP) is -0.652. The summed E-state index contributed by atoms with van der Waals surface area (Å²) >= 11 is 0. The van der Waals surface area contributed by atoms with E-state index < -0.39 is 9.84 Å². The molecule has 2 fully saturated rings. The Hall–Kier alpha value is -1.70. The first-order valence-corrected chi connectivity index (χ1v) is 8.71. The molecule has 1 amide bonds. The molecular weight excluding hydrogens is 294 g/mol. The highest BCUT2D eigenvalue weighted by Crippen LogP contribution is 2.33. The molecule has 1 N–H and O–H groups in total. The number of nitrogens with zero attached hydrogens (tertiary/aromatic N) is 2. The van der Waals surface area contributed by atoms with Crippen LogP contribution in [0, 0.1) is 5.92 Å². The Kier molecular flexibility index (Phi) is 3.56. The molecule has 0 aliphatic carbocycles. The first-order valence-electron chi connectivity index (χ1n) is 7.00. The van der Waals surface area contributed by atoms with Crippen molar-refractivity contribution >= 4 is 15.7 Å². The van der Waals surface area contributed by atoms with Gasteiger partial charge in [-0.25, -0.2) is 13.5 Å². The van der Waals surface area contributed by atoms with E-state index in [-0.39, 0.29) is 34.8 Å². The molecule has 0 saturated carbocycles. The number of carbonyl (C=O) groups excluding carboxylic acids is 1. The van der Waals surface area contributed by atoms with E-state index in [0.29, 0.717) is 31.6 Å². The van der Waals surface area contributed by atoms with Gasteiger partial charge in [-0.05, 0) is 18.4 Å². The molecule has 2 saturated heterocycles. The Morgan fingerprint density at radius 2 is 2.19 bits per heavy atom. The summed E-state index contributed by atoms with van der Waals surface area (Å²) in [5.74, 6) is 0.309. The molecule has 1 aromatic heterocycles. The second-order valence-corrected chi connectivity index (χ2v) is 8.00. The fourth-order valence-corrected chi connectivity index (χ4v) is 5.25. The highest BCUT2D eigenvalue weighted by molar-refractivity contribution is 7.92. The van der Waals surface area contributed by atoms with E-state index in [1.807, 2.05) is 0 Å². The SMILES string of the molecule is O=C(CCc1ccc(=O)[nH]n1)N1C[C@@H]2CCS(=O)(=O)[C@@H]2C1. The fourth-order valence-electron chi connectivity index (χ4n) is 3.10. The van der Waals surface area contributed by atoms with Crippen molar-refractivity contribution < 1.29 is 13.2 Å². The van der Waals surface area contributed by atoms with E-state index in [1.54, 1.807) is 11.0 Å². The molecule has 3 heterocycles. The normalized spacial score (nSPS) is 26.8. The largest absolute Gasteiger partial charge is 0.341 e. The summed E-state index contributed by atoms with van der Waals surface area (Å²) in [5, 5.41) is 5.81. The van der Waals surface area contributed by atoms with Crippen LogP contribution in [0.1, 0.15) is 18.5 Å². The second kappa shape index (κ2) is 5.25. The van der Waals surface area contributed by atoms with E-state index in [4.69, 9.17) is 0 Å². The summed E-state index contributed by atoms with van der Waals surface area (Å²) in [4.78, 5) is 24.7. The first kappa shape index (κ1) is 14.2. The minimum Gasteiger partial charge on any atom is -0.341 e. The average Bonchev–Trinajstić information content (AvgIpc) is 2.99. The Balaban J connectivity index is 1.58. The van der Waals surface area contributed by atoms with E-state index in [1.165, 1.54) is 6.07 Å². The van der Waals surface area contributed by atoms with Crippen LogP contribution in [0.25, 0.3) is 0 Å². The lowest BCUT2D eigenvalue weighted by Gasteiger charge is -2.17. The summed E-state index contributed by atoms with van der Waals surface area (Å²) in [6.07, 6.45) is 1.38. The highest BCUT2D eigenvalue weighted by atomic mass is 32.2. The van der Waals surface area contributed by atoms with Crippen molar-refractivity contribution in [1.29, 1.82) is 0 Å². The molecule has 2 aliphatic rings. The maximum Gasteiger partial charge on any atom is 0.264 e. The molecule has 0 unspecified atom stereocenters. The van der Waals surface area contributed by atoms with Gasteiger partial charge in [0, 0.05) is 32.0 Å². The van der Waals surface area contributed by atoms with Crippen LogP contribution < -0.4 is 5.56 Å². The number of carbonyl (C=O) groups is 1. The van der Waals surface area contributed by atoms with E-state index >= 15 is 0 Å². The molecule has 3 rings (SSSR count). The molecule has 0 spiro atoms. The molecule has 0 bridgehead atoms. The van der Waals surface area contributed by atoms with Crippen LogP contribution in [-0.2, 0) is 21.1 Å². The zero-order chi connectivity index (χ0) is 15.0. The number of H-pyrrole nitrogens is 1. The van der Waals surface area contributed by atoms with Crippen molar-refractivity contribution in [3.8, 4) is 0 Å². The Labute approximate surface area is 122 Å².